The van der Waals surface area contributed by atoms with Gasteiger partial charge in [-0.15, -0.1) is 24.0 Å². The summed E-state index contributed by atoms with van der Waals surface area (Å²) in [4.78, 5) is 4.28. The highest BCUT2D eigenvalue weighted by Gasteiger charge is 2.34. The van der Waals surface area contributed by atoms with E-state index in [-0.39, 0.29) is 47.9 Å². The van der Waals surface area contributed by atoms with Gasteiger partial charge < -0.3 is 15.4 Å². The number of halogens is 4. The van der Waals surface area contributed by atoms with Crippen LogP contribution in [-0.4, -0.2) is 24.7 Å². The quantitative estimate of drug-likeness (QED) is 0.369. The van der Waals surface area contributed by atoms with Gasteiger partial charge in [0.05, 0.1) is 18.2 Å². The average Bonchev–Trinajstić information content (AvgIpc) is 3.28. The Morgan fingerprint density at radius 1 is 1.32 bits per heavy atom. The molecule has 0 bridgehead atoms. The summed E-state index contributed by atoms with van der Waals surface area (Å²) < 4.78 is 45.3. The van der Waals surface area contributed by atoms with E-state index in [1.807, 2.05) is 6.92 Å². The Bertz CT molecular complexity index is 587. The van der Waals surface area contributed by atoms with Gasteiger partial charge in [-0.1, -0.05) is 6.07 Å². The summed E-state index contributed by atoms with van der Waals surface area (Å²) >= 11 is 0. The molecule has 0 saturated heterocycles. The SMILES string of the molecule is CCNC(=NCc1ccc(OC(C)C)cc1C(F)(F)F)NC1CC1.I. The van der Waals surface area contributed by atoms with Gasteiger partial charge in [-0.2, -0.15) is 13.2 Å². The molecule has 1 saturated carbocycles. The summed E-state index contributed by atoms with van der Waals surface area (Å²) in [7, 11) is 0. The van der Waals surface area contributed by atoms with E-state index >= 15 is 0 Å². The number of ether oxygens (including phenoxy) is 1. The van der Waals surface area contributed by atoms with E-state index < -0.39 is 11.7 Å². The maximum atomic E-state index is 13.3. The van der Waals surface area contributed by atoms with E-state index in [0.717, 1.165) is 18.9 Å². The van der Waals surface area contributed by atoms with Crippen molar-refractivity contribution in [3.8, 4) is 5.75 Å². The molecule has 0 atom stereocenters. The zero-order valence-electron chi connectivity index (χ0n) is 14.6. The maximum Gasteiger partial charge on any atom is 0.416 e. The fourth-order valence-corrected chi connectivity index (χ4v) is 2.21. The topological polar surface area (TPSA) is 45.7 Å². The molecule has 1 aliphatic rings. The first-order chi connectivity index (χ1) is 11.3. The summed E-state index contributed by atoms with van der Waals surface area (Å²) in [6.07, 6.45) is -2.49. The van der Waals surface area contributed by atoms with Crippen molar-refractivity contribution in [1.82, 2.24) is 10.6 Å². The van der Waals surface area contributed by atoms with Crippen LogP contribution in [0.25, 0.3) is 0 Å². The first-order valence-electron chi connectivity index (χ1n) is 8.21. The molecule has 0 aliphatic heterocycles. The number of guanidine groups is 1. The third kappa shape index (κ3) is 7.29. The van der Waals surface area contributed by atoms with E-state index in [4.69, 9.17) is 4.74 Å². The molecular weight excluding hydrogens is 446 g/mol. The Morgan fingerprint density at radius 2 is 2.00 bits per heavy atom. The molecule has 0 radical (unpaired) electrons. The fraction of sp³-hybridized carbons (Fsp3) is 0.588. The Morgan fingerprint density at radius 3 is 2.52 bits per heavy atom. The van der Waals surface area contributed by atoms with Crippen molar-refractivity contribution in [2.45, 2.75) is 58.5 Å². The van der Waals surface area contributed by atoms with E-state index in [0.29, 0.717) is 18.5 Å². The highest BCUT2D eigenvalue weighted by atomic mass is 127. The van der Waals surface area contributed by atoms with Gasteiger partial charge in [0.25, 0.3) is 0 Å². The summed E-state index contributed by atoms with van der Waals surface area (Å²) in [6.45, 7) is 6.09. The average molecular weight is 471 g/mol. The molecule has 0 heterocycles. The second-order valence-electron chi connectivity index (χ2n) is 6.10. The summed E-state index contributed by atoms with van der Waals surface area (Å²) in [6, 6.07) is 4.42. The van der Waals surface area contributed by atoms with Crippen molar-refractivity contribution >= 4 is 29.9 Å². The van der Waals surface area contributed by atoms with Gasteiger partial charge in [-0.25, -0.2) is 4.99 Å². The molecule has 2 rings (SSSR count). The highest BCUT2D eigenvalue weighted by molar-refractivity contribution is 14.0. The third-order valence-electron chi connectivity index (χ3n) is 3.43. The van der Waals surface area contributed by atoms with Crippen LogP contribution in [0.2, 0.25) is 0 Å². The summed E-state index contributed by atoms with van der Waals surface area (Å²) in [5.74, 6) is 0.767. The standard InChI is InChI=1S/C17H24F3N3O.HI/c1-4-21-16(23-13-6-7-13)22-10-12-5-8-14(24-11(2)3)9-15(12)17(18,19)20;/h5,8-9,11,13H,4,6-7,10H2,1-3H3,(H2,21,22,23);1H. The molecule has 0 unspecified atom stereocenters. The van der Waals surface area contributed by atoms with Crippen molar-refractivity contribution in [3.05, 3.63) is 29.3 Å². The number of nitrogens with one attached hydrogen (secondary N) is 2. The Hall–Kier alpha value is -1.19. The number of hydrogen-bond acceptors (Lipinski definition) is 2. The van der Waals surface area contributed by atoms with Crippen LogP contribution in [0.15, 0.2) is 23.2 Å². The largest absolute Gasteiger partial charge is 0.491 e. The molecule has 1 aromatic rings. The monoisotopic (exact) mass is 471 g/mol. The minimum Gasteiger partial charge on any atom is -0.491 e. The summed E-state index contributed by atoms with van der Waals surface area (Å²) in [5.41, 5.74) is -0.571. The Labute approximate surface area is 163 Å². The molecule has 25 heavy (non-hydrogen) atoms. The van der Waals surface area contributed by atoms with E-state index in [1.54, 1.807) is 19.9 Å². The lowest BCUT2D eigenvalue weighted by Gasteiger charge is -2.16. The van der Waals surface area contributed by atoms with Gasteiger partial charge >= 0.3 is 6.18 Å². The molecular formula is C17H25F3IN3O. The predicted octanol–water partition coefficient (Wildman–Crippen LogP) is 4.33. The number of hydrogen-bond donors (Lipinski definition) is 2. The number of alkyl halides is 3. The van der Waals surface area contributed by atoms with Crippen LogP contribution in [-0.2, 0) is 12.7 Å². The minimum atomic E-state index is -4.44. The van der Waals surface area contributed by atoms with Crippen LogP contribution in [0.3, 0.4) is 0 Å². The number of rotatable bonds is 6. The van der Waals surface area contributed by atoms with Gasteiger partial charge in [0.2, 0.25) is 0 Å². The van der Waals surface area contributed by atoms with Crippen LogP contribution < -0.4 is 15.4 Å². The molecule has 142 valence electrons. The molecule has 1 fully saturated rings. The minimum absolute atomic E-state index is 0. The predicted molar refractivity (Wildman–Crippen MR) is 104 cm³/mol. The van der Waals surface area contributed by atoms with Gasteiger partial charge in [-0.3, -0.25) is 0 Å². The highest BCUT2D eigenvalue weighted by Crippen LogP contribution is 2.35. The zero-order chi connectivity index (χ0) is 17.7. The van der Waals surface area contributed by atoms with Crippen LogP contribution >= 0.6 is 24.0 Å². The lowest BCUT2D eigenvalue weighted by molar-refractivity contribution is -0.138. The second-order valence-corrected chi connectivity index (χ2v) is 6.10. The first kappa shape index (κ1) is 21.9. The Kier molecular flexibility index (Phi) is 8.30. The third-order valence-corrected chi connectivity index (χ3v) is 3.43. The molecule has 4 nitrogen and oxygen atoms in total. The van der Waals surface area contributed by atoms with Crippen molar-refractivity contribution < 1.29 is 17.9 Å². The molecule has 0 spiro atoms. The molecule has 1 aromatic carbocycles. The van der Waals surface area contributed by atoms with Crippen LogP contribution in [0.4, 0.5) is 13.2 Å². The zero-order valence-corrected chi connectivity index (χ0v) is 16.9. The first-order valence-corrected chi connectivity index (χ1v) is 8.21. The molecule has 1 aliphatic carbocycles. The molecule has 0 amide bonds. The normalized spacial score (nSPS) is 14.9. The lowest BCUT2D eigenvalue weighted by atomic mass is 10.1. The number of aliphatic imine (C=N–C) groups is 1. The van der Waals surface area contributed by atoms with Crippen LogP contribution in [0, 0.1) is 0 Å². The maximum absolute atomic E-state index is 13.3. The Balaban J connectivity index is 0.00000312. The lowest BCUT2D eigenvalue weighted by Crippen LogP contribution is -2.38. The van der Waals surface area contributed by atoms with E-state index in [2.05, 4.69) is 15.6 Å². The molecule has 8 heteroatoms. The number of nitrogens with zero attached hydrogens (tertiary/aromatic N) is 1. The van der Waals surface area contributed by atoms with E-state index in [1.165, 1.54) is 6.07 Å². The summed E-state index contributed by atoms with van der Waals surface area (Å²) in [5, 5.41) is 6.24. The van der Waals surface area contributed by atoms with Crippen LogP contribution in [0.5, 0.6) is 5.75 Å². The molecule has 0 aromatic heterocycles. The van der Waals surface area contributed by atoms with E-state index in [9.17, 15) is 13.2 Å². The van der Waals surface area contributed by atoms with Gasteiger partial charge in [0.1, 0.15) is 5.75 Å². The van der Waals surface area contributed by atoms with Crippen molar-refractivity contribution in [2.24, 2.45) is 4.99 Å². The van der Waals surface area contributed by atoms with Crippen molar-refractivity contribution in [2.75, 3.05) is 6.54 Å². The second kappa shape index (κ2) is 9.49. The van der Waals surface area contributed by atoms with Gasteiger partial charge in [0, 0.05) is 12.6 Å². The van der Waals surface area contributed by atoms with Crippen molar-refractivity contribution in [1.29, 1.82) is 0 Å². The van der Waals surface area contributed by atoms with Crippen molar-refractivity contribution in [3.63, 3.8) is 0 Å². The smallest absolute Gasteiger partial charge is 0.416 e. The number of benzene rings is 1. The van der Waals surface area contributed by atoms with Gasteiger partial charge in [-0.05, 0) is 51.3 Å². The van der Waals surface area contributed by atoms with Crippen LogP contribution in [0.1, 0.15) is 44.7 Å². The molecule has 2 N–H and O–H groups in total. The van der Waals surface area contributed by atoms with Gasteiger partial charge in [0.15, 0.2) is 5.96 Å². The fourth-order valence-electron chi connectivity index (χ4n) is 2.21.